The maximum atomic E-state index is 11.8. The van der Waals surface area contributed by atoms with Crippen LogP contribution in [0.2, 0.25) is 0 Å². The minimum atomic E-state index is -1.13. The molecular weight excluding hydrogens is 218 g/mol. The summed E-state index contributed by atoms with van der Waals surface area (Å²) in [6.07, 6.45) is 1.90. The number of carboxylic acids is 1. The zero-order valence-electron chi connectivity index (χ0n) is 9.23. The average molecular weight is 229 g/mol. The smallest absolute Gasteiger partial charge is 0.328 e. The van der Waals surface area contributed by atoms with Gasteiger partial charge in [0.15, 0.2) is 0 Å². The summed E-state index contributed by atoms with van der Waals surface area (Å²) in [5.74, 6) is -1.46. The van der Waals surface area contributed by atoms with Gasteiger partial charge in [0.05, 0.1) is 5.69 Å². The minimum Gasteiger partial charge on any atom is -0.478 e. The molecule has 0 aliphatic rings. The standard InChI is InChI=1S/C13H11NO3/c1-8-9-4-2-3-5-10(9)14-13(8)11(15)6-7-12(16)17/h2-7,14H,1H3,(H,16,17)/b7-6+. The fourth-order valence-corrected chi connectivity index (χ4v) is 1.76. The number of aromatic amines is 1. The first-order valence-electron chi connectivity index (χ1n) is 5.12. The predicted molar refractivity (Wildman–Crippen MR) is 64.1 cm³/mol. The van der Waals surface area contributed by atoms with E-state index in [1.54, 1.807) is 0 Å². The van der Waals surface area contributed by atoms with Crippen LogP contribution in [-0.4, -0.2) is 21.8 Å². The Kier molecular flexibility index (Phi) is 2.78. The second-order valence-electron chi connectivity index (χ2n) is 3.71. The van der Waals surface area contributed by atoms with E-state index >= 15 is 0 Å². The van der Waals surface area contributed by atoms with Crippen LogP contribution in [0.1, 0.15) is 16.1 Å². The van der Waals surface area contributed by atoms with Crippen molar-refractivity contribution in [2.75, 3.05) is 0 Å². The highest BCUT2D eigenvalue weighted by Gasteiger charge is 2.12. The van der Waals surface area contributed by atoms with E-state index in [1.165, 1.54) is 0 Å². The van der Waals surface area contributed by atoms with E-state index in [2.05, 4.69) is 4.98 Å². The number of rotatable bonds is 3. The Hall–Kier alpha value is -2.36. The molecule has 4 heteroatoms. The molecule has 0 aliphatic heterocycles. The highest BCUT2D eigenvalue weighted by Crippen LogP contribution is 2.21. The first-order chi connectivity index (χ1) is 8.09. The van der Waals surface area contributed by atoms with Gasteiger partial charge in [0.25, 0.3) is 0 Å². The molecule has 1 aromatic carbocycles. The number of carbonyl (C=O) groups excluding carboxylic acids is 1. The van der Waals surface area contributed by atoms with Crippen LogP contribution in [0.3, 0.4) is 0 Å². The highest BCUT2D eigenvalue weighted by atomic mass is 16.4. The van der Waals surface area contributed by atoms with Crippen molar-refractivity contribution in [2.45, 2.75) is 6.92 Å². The number of nitrogens with one attached hydrogen (secondary N) is 1. The molecule has 1 heterocycles. The molecule has 4 nitrogen and oxygen atoms in total. The third kappa shape index (κ3) is 2.10. The van der Waals surface area contributed by atoms with Gasteiger partial charge in [-0.05, 0) is 24.6 Å². The number of aromatic nitrogens is 1. The lowest BCUT2D eigenvalue weighted by Crippen LogP contribution is -1.98. The van der Waals surface area contributed by atoms with Crippen molar-refractivity contribution in [1.29, 1.82) is 0 Å². The quantitative estimate of drug-likeness (QED) is 0.626. The van der Waals surface area contributed by atoms with Crippen molar-refractivity contribution >= 4 is 22.7 Å². The molecule has 0 atom stereocenters. The van der Waals surface area contributed by atoms with Gasteiger partial charge < -0.3 is 10.1 Å². The molecule has 0 saturated carbocycles. The Morgan fingerprint density at radius 3 is 2.59 bits per heavy atom. The van der Waals surface area contributed by atoms with Crippen LogP contribution < -0.4 is 0 Å². The Labute approximate surface area is 97.6 Å². The third-order valence-electron chi connectivity index (χ3n) is 2.59. The minimum absolute atomic E-state index is 0.332. The van der Waals surface area contributed by atoms with Gasteiger partial charge in [0.2, 0.25) is 5.78 Å². The molecule has 2 rings (SSSR count). The van der Waals surface area contributed by atoms with E-state index in [0.29, 0.717) is 5.69 Å². The number of fused-ring (bicyclic) bond motifs is 1. The van der Waals surface area contributed by atoms with Gasteiger partial charge >= 0.3 is 5.97 Å². The fraction of sp³-hybridized carbons (Fsp3) is 0.0769. The number of para-hydroxylation sites is 1. The Morgan fingerprint density at radius 1 is 1.24 bits per heavy atom. The molecule has 1 aromatic heterocycles. The summed E-state index contributed by atoms with van der Waals surface area (Å²) in [6, 6.07) is 7.56. The number of hydrogen-bond acceptors (Lipinski definition) is 2. The van der Waals surface area contributed by atoms with E-state index < -0.39 is 5.97 Å². The van der Waals surface area contributed by atoms with Crippen molar-refractivity contribution in [3.05, 3.63) is 47.7 Å². The average Bonchev–Trinajstić information content (AvgIpc) is 2.64. The molecule has 0 amide bonds. The second kappa shape index (κ2) is 4.25. The van der Waals surface area contributed by atoms with Gasteiger partial charge in [-0.25, -0.2) is 4.79 Å². The van der Waals surface area contributed by atoms with Crippen LogP contribution in [0, 0.1) is 6.92 Å². The lowest BCUT2D eigenvalue weighted by atomic mass is 10.1. The number of allylic oxidation sites excluding steroid dienone is 1. The summed E-state index contributed by atoms with van der Waals surface area (Å²) in [5.41, 5.74) is 2.14. The maximum Gasteiger partial charge on any atom is 0.328 e. The molecule has 0 spiro atoms. The summed E-state index contributed by atoms with van der Waals surface area (Å²) in [7, 11) is 0. The normalized spacial score (nSPS) is 11.1. The van der Waals surface area contributed by atoms with Crippen LogP contribution >= 0.6 is 0 Å². The molecular formula is C13H11NO3. The largest absolute Gasteiger partial charge is 0.478 e. The molecule has 0 aliphatic carbocycles. The number of H-pyrrole nitrogens is 1. The Balaban J connectivity index is 2.46. The molecule has 17 heavy (non-hydrogen) atoms. The van der Waals surface area contributed by atoms with Crippen LogP contribution in [0.5, 0.6) is 0 Å². The van der Waals surface area contributed by atoms with Gasteiger partial charge in [-0.2, -0.15) is 0 Å². The van der Waals surface area contributed by atoms with Crippen molar-refractivity contribution in [3.8, 4) is 0 Å². The number of benzene rings is 1. The molecule has 0 fully saturated rings. The van der Waals surface area contributed by atoms with Crippen LogP contribution in [-0.2, 0) is 4.79 Å². The van der Waals surface area contributed by atoms with Crippen LogP contribution in [0.15, 0.2) is 36.4 Å². The van der Waals surface area contributed by atoms with Crippen molar-refractivity contribution < 1.29 is 14.7 Å². The SMILES string of the molecule is Cc1c(C(=O)/C=C/C(=O)O)[nH]c2ccccc12. The fourth-order valence-electron chi connectivity index (χ4n) is 1.76. The number of aryl methyl sites for hydroxylation is 1. The van der Waals surface area contributed by atoms with Crippen LogP contribution in [0.25, 0.3) is 10.9 Å². The number of carboxylic acid groups (broad SMARTS) is 1. The molecule has 2 aromatic rings. The van der Waals surface area contributed by atoms with Gasteiger partial charge in [0, 0.05) is 17.0 Å². The van der Waals surface area contributed by atoms with Gasteiger partial charge in [-0.1, -0.05) is 18.2 Å². The van der Waals surface area contributed by atoms with Gasteiger partial charge in [-0.15, -0.1) is 0 Å². The summed E-state index contributed by atoms with van der Waals surface area (Å²) in [5, 5.41) is 9.44. The van der Waals surface area contributed by atoms with E-state index in [1.807, 2.05) is 31.2 Å². The highest BCUT2D eigenvalue weighted by molar-refractivity contribution is 6.09. The summed E-state index contributed by atoms with van der Waals surface area (Å²) in [4.78, 5) is 25.1. The van der Waals surface area contributed by atoms with E-state index in [9.17, 15) is 9.59 Å². The summed E-state index contributed by atoms with van der Waals surface area (Å²) >= 11 is 0. The lowest BCUT2D eigenvalue weighted by molar-refractivity contribution is -0.131. The molecule has 2 N–H and O–H groups in total. The Morgan fingerprint density at radius 2 is 1.94 bits per heavy atom. The first kappa shape index (κ1) is 11.1. The number of aliphatic carboxylic acids is 1. The number of carbonyl (C=O) groups is 2. The number of ketones is 1. The summed E-state index contributed by atoms with van der Waals surface area (Å²) < 4.78 is 0. The first-order valence-corrected chi connectivity index (χ1v) is 5.12. The Bertz CT molecular complexity index is 623. The topological polar surface area (TPSA) is 70.2 Å². The van der Waals surface area contributed by atoms with E-state index in [-0.39, 0.29) is 5.78 Å². The predicted octanol–water partition coefficient (Wildman–Crippen LogP) is 2.30. The molecule has 0 bridgehead atoms. The monoisotopic (exact) mass is 229 g/mol. The van der Waals surface area contributed by atoms with E-state index in [4.69, 9.17) is 5.11 Å². The van der Waals surface area contributed by atoms with Crippen molar-refractivity contribution in [1.82, 2.24) is 4.98 Å². The van der Waals surface area contributed by atoms with Crippen molar-refractivity contribution in [2.24, 2.45) is 0 Å². The van der Waals surface area contributed by atoms with Crippen molar-refractivity contribution in [3.63, 3.8) is 0 Å². The molecule has 0 saturated heterocycles. The molecule has 0 unspecified atom stereocenters. The zero-order valence-corrected chi connectivity index (χ0v) is 9.23. The second-order valence-corrected chi connectivity index (χ2v) is 3.71. The maximum absolute atomic E-state index is 11.8. The van der Waals surface area contributed by atoms with Gasteiger partial charge in [-0.3, -0.25) is 4.79 Å². The lowest BCUT2D eigenvalue weighted by Gasteiger charge is -1.92. The molecule has 86 valence electrons. The van der Waals surface area contributed by atoms with Crippen LogP contribution in [0.4, 0.5) is 0 Å². The third-order valence-corrected chi connectivity index (χ3v) is 2.59. The van der Waals surface area contributed by atoms with Gasteiger partial charge in [0.1, 0.15) is 0 Å². The zero-order chi connectivity index (χ0) is 12.4. The molecule has 0 radical (unpaired) electrons. The summed E-state index contributed by atoms with van der Waals surface area (Å²) in [6.45, 7) is 1.83. The number of hydrogen-bond donors (Lipinski definition) is 2. The van der Waals surface area contributed by atoms with E-state index in [0.717, 1.165) is 28.6 Å².